The van der Waals surface area contributed by atoms with Crippen molar-refractivity contribution in [3.8, 4) is 0 Å². The number of rotatable bonds is 8. The van der Waals surface area contributed by atoms with Gasteiger partial charge >= 0.3 is 12.5 Å². The summed E-state index contributed by atoms with van der Waals surface area (Å²) >= 11 is 0. The molecule has 3 N–H and O–H groups in total. The molecule has 2 bridgehead atoms. The Balaban J connectivity index is 1.15. The van der Waals surface area contributed by atoms with Crippen LogP contribution in [0.2, 0.25) is 0 Å². The molecule has 1 aliphatic heterocycles. The van der Waals surface area contributed by atoms with E-state index in [1.807, 2.05) is 0 Å². The van der Waals surface area contributed by atoms with Gasteiger partial charge in [-0.3, -0.25) is 9.84 Å². The predicted octanol–water partition coefficient (Wildman–Crippen LogP) is 4.23. The number of aromatic nitrogens is 5. The Labute approximate surface area is 215 Å². The second-order valence-corrected chi connectivity index (χ2v) is 9.87. The molecule has 11 nitrogen and oxygen atoms in total. The van der Waals surface area contributed by atoms with E-state index in [2.05, 4.69) is 35.7 Å². The molecule has 0 aromatic carbocycles. The van der Waals surface area contributed by atoms with Crippen molar-refractivity contribution in [2.75, 3.05) is 11.9 Å². The van der Waals surface area contributed by atoms with E-state index in [4.69, 9.17) is 9.47 Å². The summed E-state index contributed by atoms with van der Waals surface area (Å²) in [7, 11) is 0. The van der Waals surface area contributed by atoms with Crippen molar-refractivity contribution in [2.45, 2.75) is 62.6 Å². The van der Waals surface area contributed by atoms with Crippen LogP contribution in [-0.4, -0.2) is 61.7 Å². The molecular formula is C22H21F6N7O4. The average Bonchev–Trinajstić information content (AvgIpc) is 3.53. The molecule has 1 amide bonds. The first-order valence-electron chi connectivity index (χ1n) is 11.9. The number of halogens is 6. The number of alkyl carbamates (subject to hydrolysis) is 1. The predicted molar refractivity (Wildman–Crippen MR) is 118 cm³/mol. The Kier molecular flexibility index (Phi) is 6.09. The zero-order valence-corrected chi connectivity index (χ0v) is 19.8. The van der Waals surface area contributed by atoms with Gasteiger partial charge in [0.2, 0.25) is 0 Å². The fraction of sp³-hybridized carbons (Fsp3) is 0.545. The number of nitrogens with one attached hydrogen (secondary N) is 3. The summed E-state index contributed by atoms with van der Waals surface area (Å²) in [5, 5.41) is 15.9. The molecule has 3 aromatic rings. The van der Waals surface area contributed by atoms with E-state index in [0.717, 1.165) is 30.0 Å². The van der Waals surface area contributed by atoms with Crippen LogP contribution in [0.25, 0.3) is 5.52 Å². The molecule has 0 unspecified atom stereocenters. The smallest absolute Gasteiger partial charge is 0.441 e. The monoisotopic (exact) mass is 561 g/mol. The molecule has 4 fully saturated rings. The van der Waals surface area contributed by atoms with Crippen LogP contribution < -0.4 is 10.6 Å². The number of alkyl halides is 6. The van der Waals surface area contributed by atoms with E-state index >= 15 is 4.39 Å². The van der Waals surface area contributed by atoms with Crippen LogP contribution in [0.1, 0.15) is 48.9 Å². The van der Waals surface area contributed by atoms with Crippen molar-refractivity contribution in [2.24, 2.45) is 5.92 Å². The van der Waals surface area contributed by atoms with Crippen LogP contribution in [0.4, 0.5) is 42.8 Å². The summed E-state index contributed by atoms with van der Waals surface area (Å²) in [5.41, 5.74) is -0.876. The lowest BCUT2D eigenvalue weighted by Gasteiger charge is -2.61. The molecule has 4 aliphatic rings. The number of aromatic amines is 1. The third kappa shape index (κ3) is 5.07. The Morgan fingerprint density at radius 3 is 2.72 bits per heavy atom. The number of ether oxygens (including phenoxy) is 3. The molecule has 3 saturated carbocycles. The number of H-pyrrole nitrogens is 1. The van der Waals surface area contributed by atoms with E-state index in [1.54, 1.807) is 0 Å². The lowest BCUT2D eigenvalue weighted by molar-refractivity contribution is -0.330. The van der Waals surface area contributed by atoms with Gasteiger partial charge in [-0.2, -0.15) is 10.2 Å². The fourth-order valence-corrected chi connectivity index (χ4v) is 5.10. The molecule has 7 rings (SSSR count). The van der Waals surface area contributed by atoms with Gasteiger partial charge in [0.15, 0.2) is 23.9 Å². The van der Waals surface area contributed by atoms with Crippen LogP contribution >= 0.6 is 0 Å². The van der Waals surface area contributed by atoms with Gasteiger partial charge in [0, 0.05) is 11.6 Å². The van der Waals surface area contributed by atoms with Crippen molar-refractivity contribution in [3.05, 3.63) is 35.4 Å². The third-order valence-corrected chi connectivity index (χ3v) is 7.03. The first kappa shape index (κ1) is 25.7. The highest BCUT2D eigenvalue weighted by Crippen LogP contribution is 2.57. The highest BCUT2D eigenvalue weighted by molar-refractivity contribution is 5.72. The third-order valence-electron chi connectivity index (χ3n) is 7.03. The Bertz CT molecular complexity index is 1380. The fourth-order valence-electron chi connectivity index (χ4n) is 5.10. The summed E-state index contributed by atoms with van der Waals surface area (Å²) < 4.78 is 94.5. The maximum atomic E-state index is 15.1. The van der Waals surface area contributed by atoms with Gasteiger partial charge in [0.25, 0.3) is 6.43 Å². The molecule has 17 heteroatoms. The van der Waals surface area contributed by atoms with Gasteiger partial charge in [0.05, 0.1) is 24.2 Å². The van der Waals surface area contributed by atoms with Crippen LogP contribution in [0, 0.1) is 5.92 Å². The van der Waals surface area contributed by atoms with Crippen molar-refractivity contribution >= 4 is 23.2 Å². The maximum absolute atomic E-state index is 15.1. The van der Waals surface area contributed by atoms with Gasteiger partial charge in [-0.1, -0.05) is 0 Å². The van der Waals surface area contributed by atoms with Crippen molar-refractivity contribution in [3.63, 3.8) is 0 Å². The quantitative estimate of drug-likeness (QED) is 0.349. The van der Waals surface area contributed by atoms with Crippen LogP contribution in [0.3, 0.4) is 0 Å². The molecular weight excluding hydrogens is 540 g/mol. The molecule has 3 aliphatic carbocycles. The second-order valence-electron chi connectivity index (χ2n) is 9.87. The highest BCUT2D eigenvalue weighted by Gasteiger charge is 2.58. The number of anilines is 2. The second kappa shape index (κ2) is 9.25. The summed E-state index contributed by atoms with van der Waals surface area (Å²) in [6.45, 7) is -1.13. The number of carbonyl (C=O) groups excluding carboxylic acids is 1. The lowest BCUT2D eigenvalue weighted by Crippen LogP contribution is -2.68. The van der Waals surface area contributed by atoms with E-state index in [-0.39, 0.29) is 40.7 Å². The lowest BCUT2D eigenvalue weighted by atomic mass is 9.50. The van der Waals surface area contributed by atoms with Crippen LogP contribution in [0.15, 0.2) is 18.3 Å². The van der Waals surface area contributed by atoms with Gasteiger partial charge < -0.3 is 20.1 Å². The number of carbonyl (C=O) groups is 1. The van der Waals surface area contributed by atoms with Gasteiger partial charge in [-0.05, 0) is 31.2 Å². The van der Waals surface area contributed by atoms with Gasteiger partial charge in [0.1, 0.15) is 23.9 Å². The SMILES string of the molecule is O=C(NC12CC(C1)C2)O[C@H]1CO[C@@H](c2cc(Nc3nc(C(F)F)cn4nc(COC(F)(F)F)cc34)n[nH]2)[C@H]1F. The minimum Gasteiger partial charge on any atom is -0.441 e. The highest BCUT2D eigenvalue weighted by atomic mass is 19.4. The summed E-state index contributed by atoms with van der Waals surface area (Å²) in [4.78, 5) is 16.0. The average molecular weight is 561 g/mol. The maximum Gasteiger partial charge on any atom is 0.522 e. The summed E-state index contributed by atoms with van der Waals surface area (Å²) in [6.07, 6.45) is -9.04. The zero-order valence-electron chi connectivity index (χ0n) is 19.8. The van der Waals surface area contributed by atoms with E-state index in [0.29, 0.717) is 5.92 Å². The molecule has 210 valence electrons. The Morgan fingerprint density at radius 1 is 1.28 bits per heavy atom. The van der Waals surface area contributed by atoms with E-state index in [1.165, 1.54) is 12.1 Å². The number of nitrogens with zero attached hydrogens (tertiary/aromatic N) is 4. The number of hydrogen-bond donors (Lipinski definition) is 3. The van der Waals surface area contributed by atoms with Crippen molar-refractivity contribution in [1.82, 2.24) is 30.1 Å². The molecule has 3 aromatic heterocycles. The minimum absolute atomic E-state index is 0.0293. The molecule has 3 atom stereocenters. The molecule has 4 heterocycles. The van der Waals surface area contributed by atoms with E-state index in [9.17, 15) is 26.7 Å². The number of amides is 1. The van der Waals surface area contributed by atoms with Crippen LogP contribution in [-0.2, 0) is 20.8 Å². The minimum atomic E-state index is -4.91. The largest absolute Gasteiger partial charge is 0.522 e. The van der Waals surface area contributed by atoms with Crippen molar-refractivity contribution < 1.29 is 45.3 Å². The summed E-state index contributed by atoms with van der Waals surface area (Å²) in [6, 6.07) is 2.53. The first-order valence-corrected chi connectivity index (χ1v) is 11.9. The Hall–Kier alpha value is -3.60. The standard InChI is InChI=1S/C22H21F6N7O4/c23-16-14(39-20(36)31-21-3-9(4-21)5-21)8-37-17(16)11-2-15(33-32-11)30-19-13-1-10(7-38-22(26,27)28)34-35(13)6-12(29-19)18(24)25/h1-2,6,9,14,16-18H,3-5,7-8H2,(H,31,36)(H2,29,30,32,33)/t9?,14-,16-,17-,21?/m0/s1. The molecule has 39 heavy (non-hydrogen) atoms. The number of fused-ring (bicyclic) bond motifs is 1. The number of hydrogen-bond acceptors (Lipinski definition) is 8. The van der Waals surface area contributed by atoms with Crippen LogP contribution in [0.5, 0.6) is 0 Å². The Morgan fingerprint density at radius 2 is 2.05 bits per heavy atom. The first-order chi connectivity index (χ1) is 18.5. The molecule has 0 spiro atoms. The topological polar surface area (TPSA) is 128 Å². The summed E-state index contributed by atoms with van der Waals surface area (Å²) in [5.74, 6) is 0.485. The van der Waals surface area contributed by atoms with Crippen molar-refractivity contribution in [1.29, 1.82) is 0 Å². The molecule has 0 radical (unpaired) electrons. The normalized spacial score (nSPS) is 27.9. The zero-order chi connectivity index (χ0) is 27.5. The van der Waals surface area contributed by atoms with Gasteiger partial charge in [-0.15, -0.1) is 13.2 Å². The van der Waals surface area contributed by atoms with Gasteiger partial charge in [-0.25, -0.2) is 27.5 Å². The molecule has 1 saturated heterocycles. The van der Waals surface area contributed by atoms with E-state index < -0.39 is 49.6 Å².